The van der Waals surface area contributed by atoms with E-state index in [1.165, 1.54) is 36.8 Å². The van der Waals surface area contributed by atoms with E-state index >= 15 is 0 Å². The Labute approximate surface area is 189 Å². The van der Waals surface area contributed by atoms with Crippen LogP contribution < -0.4 is 10.6 Å². The summed E-state index contributed by atoms with van der Waals surface area (Å²) in [4.78, 5) is 0. The Bertz CT molecular complexity index is 647. The van der Waals surface area contributed by atoms with Gasteiger partial charge in [0.1, 0.15) is 0 Å². The number of nitrogens with one attached hydrogen (secondary N) is 2. The van der Waals surface area contributed by atoms with Crippen LogP contribution in [0.5, 0.6) is 0 Å². The summed E-state index contributed by atoms with van der Waals surface area (Å²) in [6.07, 6.45) is 5.07. The van der Waals surface area contributed by atoms with E-state index in [1.807, 2.05) is 0 Å². The zero-order valence-corrected chi connectivity index (χ0v) is 20.7. The molecule has 2 aromatic carbocycles. The van der Waals surface area contributed by atoms with Gasteiger partial charge in [0, 0.05) is 43.1 Å². The molecular formula is C20H22Br4N2. The van der Waals surface area contributed by atoms with Crippen molar-refractivity contribution in [3.05, 3.63) is 65.4 Å². The molecule has 0 aromatic heterocycles. The largest absolute Gasteiger partial charge is 0.308 e. The maximum atomic E-state index is 3.78. The molecule has 6 heteroatoms. The fourth-order valence-electron chi connectivity index (χ4n) is 3.54. The summed E-state index contributed by atoms with van der Waals surface area (Å²) < 4.78 is 4.45. The van der Waals surface area contributed by atoms with E-state index in [-0.39, 0.29) is 0 Å². The SMILES string of the molecule is Brc1cc(Br)cc(CN[C@@H]2CCCC[C@H]2NCc2cc(Br)cc(Br)c2)c1. The maximum absolute atomic E-state index is 3.78. The molecule has 2 atom stereocenters. The summed E-state index contributed by atoms with van der Waals surface area (Å²) in [5.41, 5.74) is 2.60. The molecule has 1 saturated carbocycles. The second-order valence-corrected chi connectivity index (χ2v) is 10.5. The van der Waals surface area contributed by atoms with Crippen molar-refractivity contribution in [2.24, 2.45) is 0 Å². The second kappa shape index (κ2) is 10.2. The summed E-state index contributed by atoms with van der Waals surface area (Å²) in [5.74, 6) is 0. The number of hydrogen-bond acceptors (Lipinski definition) is 2. The van der Waals surface area contributed by atoms with Crippen molar-refractivity contribution in [1.29, 1.82) is 0 Å². The van der Waals surface area contributed by atoms with E-state index in [2.05, 4.69) is 111 Å². The van der Waals surface area contributed by atoms with Crippen LogP contribution in [0.3, 0.4) is 0 Å². The summed E-state index contributed by atoms with van der Waals surface area (Å²) in [6.45, 7) is 1.78. The van der Waals surface area contributed by atoms with Gasteiger partial charge in [-0.2, -0.15) is 0 Å². The van der Waals surface area contributed by atoms with Gasteiger partial charge in [-0.3, -0.25) is 0 Å². The summed E-state index contributed by atoms with van der Waals surface area (Å²) >= 11 is 14.3. The van der Waals surface area contributed by atoms with E-state index in [9.17, 15) is 0 Å². The van der Waals surface area contributed by atoms with Crippen molar-refractivity contribution in [2.75, 3.05) is 0 Å². The normalized spacial score (nSPS) is 20.3. The molecule has 3 rings (SSSR count). The number of hydrogen-bond donors (Lipinski definition) is 2. The van der Waals surface area contributed by atoms with Gasteiger partial charge in [-0.05, 0) is 60.4 Å². The molecule has 0 aliphatic heterocycles. The second-order valence-electron chi connectivity index (χ2n) is 6.81. The monoisotopic (exact) mass is 606 g/mol. The van der Waals surface area contributed by atoms with Crippen LogP contribution in [0, 0.1) is 0 Å². The van der Waals surface area contributed by atoms with Gasteiger partial charge in [-0.25, -0.2) is 0 Å². The van der Waals surface area contributed by atoms with Crippen molar-refractivity contribution in [3.63, 3.8) is 0 Å². The lowest BCUT2D eigenvalue weighted by Gasteiger charge is -2.33. The van der Waals surface area contributed by atoms with E-state index in [0.29, 0.717) is 12.1 Å². The first-order valence-corrected chi connectivity index (χ1v) is 12.0. The maximum Gasteiger partial charge on any atom is 0.0224 e. The molecular weight excluding hydrogens is 588 g/mol. The quantitative estimate of drug-likeness (QED) is 0.371. The molecule has 2 nitrogen and oxygen atoms in total. The molecule has 1 fully saturated rings. The van der Waals surface area contributed by atoms with Gasteiger partial charge in [0.15, 0.2) is 0 Å². The number of halogens is 4. The average molecular weight is 610 g/mol. The average Bonchev–Trinajstić information content (AvgIpc) is 2.57. The van der Waals surface area contributed by atoms with Crippen LogP contribution in [0.2, 0.25) is 0 Å². The third-order valence-corrected chi connectivity index (χ3v) is 6.58. The van der Waals surface area contributed by atoms with Crippen molar-refractivity contribution < 1.29 is 0 Å². The van der Waals surface area contributed by atoms with Crippen LogP contribution >= 0.6 is 63.7 Å². The van der Waals surface area contributed by atoms with Crippen molar-refractivity contribution in [1.82, 2.24) is 10.6 Å². The highest BCUT2D eigenvalue weighted by atomic mass is 79.9. The van der Waals surface area contributed by atoms with E-state index in [0.717, 1.165) is 31.0 Å². The molecule has 26 heavy (non-hydrogen) atoms. The van der Waals surface area contributed by atoms with Crippen LogP contribution in [0.25, 0.3) is 0 Å². The molecule has 0 bridgehead atoms. The standard InChI is InChI=1S/C20H22Br4N2/c21-15-5-13(6-16(22)9-15)11-25-19-3-1-2-4-20(19)26-12-14-7-17(23)10-18(24)8-14/h5-10,19-20,25-26H,1-4,11-12H2/t19-,20-/m1/s1. The zero-order valence-electron chi connectivity index (χ0n) is 14.4. The predicted molar refractivity (Wildman–Crippen MR) is 123 cm³/mol. The minimum Gasteiger partial charge on any atom is -0.308 e. The highest BCUT2D eigenvalue weighted by Crippen LogP contribution is 2.24. The minimum absolute atomic E-state index is 0.511. The van der Waals surface area contributed by atoms with Crippen LogP contribution in [0.15, 0.2) is 54.3 Å². The van der Waals surface area contributed by atoms with Crippen LogP contribution in [0.4, 0.5) is 0 Å². The lowest BCUT2D eigenvalue weighted by atomic mass is 9.90. The first-order valence-electron chi connectivity index (χ1n) is 8.86. The summed E-state index contributed by atoms with van der Waals surface area (Å²) in [5, 5.41) is 7.56. The lowest BCUT2D eigenvalue weighted by molar-refractivity contribution is 0.281. The minimum atomic E-state index is 0.511. The highest BCUT2D eigenvalue weighted by Gasteiger charge is 2.24. The highest BCUT2D eigenvalue weighted by molar-refractivity contribution is 9.11. The Hall–Kier alpha value is 0.280. The third-order valence-electron chi connectivity index (χ3n) is 4.75. The van der Waals surface area contributed by atoms with Crippen molar-refractivity contribution in [3.8, 4) is 0 Å². The summed E-state index contributed by atoms with van der Waals surface area (Å²) in [6, 6.07) is 13.9. The van der Waals surface area contributed by atoms with E-state index < -0.39 is 0 Å². The fraction of sp³-hybridized carbons (Fsp3) is 0.400. The topological polar surface area (TPSA) is 24.1 Å². The molecule has 140 valence electrons. The van der Waals surface area contributed by atoms with Gasteiger partial charge in [0.2, 0.25) is 0 Å². The van der Waals surface area contributed by atoms with Gasteiger partial charge in [0.05, 0.1) is 0 Å². The molecule has 0 amide bonds. The molecule has 0 heterocycles. The van der Waals surface area contributed by atoms with Crippen LogP contribution in [-0.4, -0.2) is 12.1 Å². The van der Waals surface area contributed by atoms with Gasteiger partial charge in [-0.1, -0.05) is 76.6 Å². The fourth-order valence-corrected chi connectivity index (χ4v) is 6.32. The van der Waals surface area contributed by atoms with E-state index in [1.54, 1.807) is 0 Å². The number of benzene rings is 2. The van der Waals surface area contributed by atoms with Gasteiger partial charge in [0.25, 0.3) is 0 Å². The first kappa shape index (κ1) is 21.0. The van der Waals surface area contributed by atoms with E-state index in [4.69, 9.17) is 0 Å². The molecule has 2 N–H and O–H groups in total. The predicted octanol–water partition coefficient (Wildman–Crippen LogP) is 6.93. The van der Waals surface area contributed by atoms with Crippen LogP contribution in [-0.2, 0) is 13.1 Å². The molecule has 0 unspecified atom stereocenters. The van der Waals surface area contributed by atoms with Gasteiger partial charge < -0.3 is 10.6 Å². The zero-order chi connectivity index (χ0) is 18.5. The van der Waals surface area contributed by atoms with Gasteiger partial charge in [-0.15, -0.1) is 0 Å². The van der Waals surface area contributed by atoms with Crippen molar-refractivity contribution in [2.45, 2.75) is 50.9 Å². The Morgan fingerprint density at radius 2 is 0.962 bits per heavy atom. The number of rotatable bonds is 6. The third kappa shape index (κ3) is 6.42. The smallest absolute Gasteiger partial charge is 0.0224 e. The Balaban J connectivity index is 1.58. The molecule has 0 saturated heterocycles. The molecule has 0 radical (unpaired) electrons. The lowest BCUT2D eigenvalue weighted by Crippen LogP contribution is -2.49. The van der Waals surface area contributed by atoms with Gasteiger partial charge >= 0.3 is 0 Å². The molecule has 2 aromatic rings. The Morgan fingerprint density at radius 3 is 1.31 bits per heavy atom. The first-order chi connectivity index (χ1) is 12.5. The summed E-state index contributed by atoms with van der Waals surface area (Å²) in [7, 11) is 0. The molecule has 1 aliphatic carbocycles. The van der Waals surface area contributed by atoms with Crippen LogP contribution in [0.1, 0.15) is 36.8 Å². The Morgan fingerprint density at radius 1 is 0.615 bits per heavy atom. The Kier molecular flexibility index (Phi) is 8.21. The van der Waals surface area contributed by atoms with Crippen molar-refractivity contribution >= 4 is 63.7 Å². The molecule has 0 spiro atoms. The molecule has 1 aliphatic rings.